The molecule has 0 aromatic carbocycles. The zero-order chi connectivity index (χ0) is 8.39. The molecule has 1 aliphatic rings. The third-order valence-electron chi connectivity index (χ3n) is 1.96. The first-order chi connectivity index (χ1) is 5.92. The number of hydrogen-bond acceptors (Lipinski definition) is 3. The van der Waals surface area contributed by atoms with Gasteiger partial charge in [-0.05, 0) is 24.2 Å². The molecular weight excluding hydrogens is 170 g/mol. The van der Waals surface area contributed by atoms with Crippen LogP contribution in [0, 0.1) is 0 Å². The molecule has 0 N–H and O–H groups in total. The van der Waals surface area contributed by atoms with E-state index in [-0.39, 0.29) is 0 Å². The number of fused-ring (bicyclic) bond motifs is 1. The summed E-state index contributed by atoms with van der Waals surface area (Å²) in [6, 6.07) is 0. The SMILES string of the molecule is O=Cc1cncc2c1SCCC2. The molecule has 3 heteroatoms. The van der Waals surface area contributed by atoms with Crippen molar-refractivity contribution in [2.24, 2.45) is 0 Å². The third-order valence-corrected chi connectivity index (χ3v) is 3.24. The Morgan fingerprint density at radius 3 is 3.25 bits per heavy atom. The molecule has 0 atom stereocenters. The summed E-state index contributed by atoms with van der Waals surface area (Å²) in [5.41, 5.74) is 1.98. The molecule has 12 heavy (non-hydrogen) atoms. The van der Waals surface area contributed by atoms with Gasteiger partial charge in [0.15, 0.2) is 6.29 Å². The maximum absolute atomic E-state index is 10.6. The molecule has 0 amide bonds. The molecule has 0 bridgehead atoms. The van der Waals surface area contributed by atoms with Crippen LogP contribution in [0.5, 0.6) is 0 Å². The van der Waals surface area contributed by atoms with Crippen LogP contribution in [-0.2, 0) is 6.42 Å². The molecule has 1 aromatic heterocycles. The van der Waals surface area contributed by atoms with Gasteiger partial charge in [0.1, 0.15) is 0 Å². The molecule has 2 heterocycles. The van der Waals surface area contributed by atoms with E-state index in [1.54, 1.807) is 18.0 Å². The molecule has 1 aliphatic heterocycles. The number of nitrogens with zero attached hydrogens (tertiary/aromatic N) is 1. The van der Waals surface area contributed by atoms with Crippen molar-refractivity contribution < 1.29 is 4.79 Å². The first kappa shape index (κ1) is 7.80. The van der Waals surface area contributed by atoms with E-state index in [0.29, 0.717) is 0 Å². The maximum Gasteiger partial charge on any atom is 0.152 e. The highest BCUT2D eigenvalue weighted by Gasteiger charge is 2.13. The highest BCUT2D eigenvalue weighted by molar-refractivity contribution is 7.99. The van der Waals surface area contributed by atoms with Crippen LogP contribution in [-0.4, -0.2) is 17.0 Å². The molecule has 0 radical (unpaired) electrons. The first-order valence-electron chi connectivity index (χ1n) is 3.96. The number of thioether (sulfide) groups is 1. The Morgan fingerprint density at radius 2 is 2.42 bits per heavy atom. The van der Waals surface area contributed by atoms with Crippen LogP contribution in [0.1, 0.15) is 22.3 Å². The minimum atomic E-state index is 0.747. The van der Waals surface area contributed by atoms with E-state index in [9.17, 15) is 4.79 Å². The lowest BCUT2D eigenvalue weighted by molar-refractivity contribution is 0.112. The van der Waals surface area contributed by atoms with E-state index in [4.69, 9.17) is 0 Å². The van der Waals surface area contributed by atoms with E-state index < -0.39 is 0 Å². The molecule has 0 saturated carbocycles. The van der Waals surface area contributed by atoms with Crippen molar-refractivity contribution in [1.82, 2.24) is 4.98 Å². The highest BCUT2D eigenvalue weighted by atomic mass is 32.2. The number of aldehydes is 1. The Balaban J connectivity index is 2.51. The van der Waals surface area contributed by atoms with Gasteiger partial charge in [-0.1, -0.05) is 0 Å². The average Bonchev–Trinajstić information content (AvgIpc) is 2.17. The van der Waals surface area contributed by atoms with Crippen molar-refractivity contribution in [3.8, 4) is 0 Å². The second-order valence-electron chi connectivity index (χ2n) is 2.79. The van der Waals surface area contributed by atoms with E-state index in [1.807, 2.05) is 6.20 Å². The number of pyridine rings is 1. The zero-order valence-corrected chi connectivity index (χ0v) is 7.43. The summed E-state index contributed by atoms with van der Waals surface area (Å²) in [6.07, 6.45) is 6.67. The number of aryl methyl sites for hydroxylation is 1. The smallest absolute Gasteiger partial charge is 0.152 e. The largest absolute Gasteiger partial charge is 0.298 e. The van der Waals surface area contributed by atoms with Gasteiger partial charge in [-0.3, -0.25) is 9.78 Å². The third kappa shape index (κ3) is 1.25. The second kappa shape index (κ2) is 3.27. The van der Waals surface area contributed by atoms with Crippen LogP contribution in [0.15, 0.2) is 17.3 Å². The van der Waals surface area contributed by atoms with Crippen LogP contribution >= 0.6 is 11.8 Å². The number of aromatic nitrogens is 1. The standard InChI is InChI=1S/C9H9NOS/c11-6-8-5-10-4-7-2-1-3-12-9(7)8/h4-6H,1-3H2. The number of carbonyl (C=O) groups excluding carboxylic acids is 1. The van der Waals surface area contributed by atoms with Crippen molar-refractivity contribution in [3.63, 3.8) is 0 Å². The van der Waals surface area contributed by atoms with Gasteiger partial charge in [-0.2, -0.15) is 0 Å². The Labute approximate surface area is 75.4 Å². The second-order valence-corrected chi connectivity index (χ2v) is 3.89. The van der Waals surface area contributed by atoms with Gasteiger partial charge in [0.2, 0.25) is 0 Å². The van der Waals surface area contributed by atoms with Gasteiger partial charge in [0, 0.05) is 22.9 Å². The summed E-state index contributed by atoms with van der Waals surface area (Å²) >= 11 is 1.77. The molecule has 0 fully saturated rings. The number of rotatable bonds is 1. The molecule has 0 unspecified atom stereocenters. The lowest BCUT2D eigenvalue weighted by Crippen LogP contribution is -2.02. The summed E-state index contributed by atoms with van der Waals surface area (Å²) < 4.78 is 0. The number of hydrogen-bond donors (Lipinski definition) is 0. The fraction of sp³-hybridized carbons (Fsp3) is 0.333. The first-order valence-corrected chi connectivity index (χ1v) is 4.95. The lowest BCUT2D eigenvalue weighted by Gasteiger charge is -2.15. The van der Waals surface area contributed by atoms with E-state index in [1.165, 1.54) is 12.0 Å². The van der Waals surface area contributed by atoms with E-state index in [0.717, 1.165) is 28.9 Å². The predicted molar refractivity (Wildman–Crippen MR) is 48.7 cm³/mol. The minimum Gasteiger partial charge on any atom is -0.298 e. The monoisotopic (exact) mass is 179 g/mol. The normalized spacial score (nSPS) is 15.3. The van der Waals surface area contributed by atoms with Gasteiger partial charge >= 0.3 is 0 Å². The van der Waals surface area contributed by atoms with Gasteiger partial charge < -0.3 is 0 Å². The molecule has 2 rings (SSSR count). The maximum atomic E-state index is 10.6. The lowest BCUT2D eigenvalue weighted by atomic mass is 10.1. The van der Waals surface area contributed by atoms with Gasteiger partial charge in [-0.25, -0.2) is 0 Å². The van der Waals surface area contributed by atoms with Crippen LogP contribution in [0.3, 0.4) is 0 Å². The van der Waals surface area contributed by atoms with E-state index >= 15 is 0 Å². The highest BCUT2D eigenvalue weighted by Crippen LogP contribution is 2.31. The minimum absolute atomic E-state index is 0.747. The molecule has 2 nitrogen and oxygen atoms in total. The average molecular weight is 179 g/mol. The van der Waals surface area contributed by atoms with Crippen molar-refractivity contribution in [2.75, 3.05) is 5.75 Å². The summed E-state index contributed by atoms with van der Waals surface area (Å²) in [4.78, 5) is 15.8. The van der Waals surface area contributed by atoms with Gasteiger partial charge in [0.25, 0.3) is 0 Å². The summed E-state index contributed by atoms with van der Waals surface area (Å²) in [6.45, 7) is 0. The van der Waals surface area contributed by atoms with Crippen LogP contribution in [0.4, 0.5) is 0 Å². The molecule has 1 aromatic rings. The summed E-state index contributed by atoms with van der Waals surface area (Å²) in [5, 5.41) is 0. The summed E-state index contributed by atoms with van der Waals surface area (Å²) in [5.74, 6) is 1.12. The van der Waals surface area contributed by atoms with Crippen LogP contribution in [0.25, 0.3) is 0 Å². The van der Waals surface area contributed by atoms with Gasteiger partial charge in [0.05, 0.1) is 0 Å². The van der Waals surface area contributed by atoms with Crippen molar-refractivity contribution in [2.45, 2.75) is 17.7 Å². The molecule has 0 spiro atoms. The Hall–Kier alpha value is -0.830. The fourth-order valence-electron chi connectivity index (χ4n) is 1.39. The quantitative estimate of drug-likeness (QED) is 0.617. The van der Waals surface area contributed by atoms with Gasteiger partial charge in [-0.15, -0.1) is 11.8 Å². The summed E-state index contributed by atoms with van der Waals surface area (Å²) in [7, 11) is 0. The zero-order valence-electron chi connectivity index (χ0n) is 6.62. The van der Waals surface area contributed by atoms with E-state index in [2.05, 4.69) is 4.98 Å². The molecule has 0 aliphatic carbocycles. The van der Waals surface area contributed by atoms with Crippen molar-refractivity contribution in [3.05, 3.63) is 23.5 Å². The Morgan fingerprint density at radius 1 is 1.50 bits per heavy atom. The van der Waals surface area contributed by atoms with Crippen molar-refractivity contribution >= 4 is 18.0 Å². The molecular formula is C9H9NOS. The van der Waals surface area contributed by atoms with Crippen LogP contribution < -0.4 is 0 Å². The molecule has 0 saturated heterocycles. The van der Waals surface area contributed by atoms with Crippen molar-refractivity contribution in [1.29, 1.82) is 0 Å². The Bertz CT molecular complexity index is 311. The Kier molecular flexibility index (Phi) is 2.13. The topological polar surface area (TPSA) is 30.0 Å². The molecule has 62 valence electrons. The van der Waals surface area contributed by atoms with Crippen LogP contribution in [0.2, 0.25) is 0 Å². The predicted octanol–water partition coefficient (Wildman–Crippen LogP) is 1.93. The fourth-order valence-corrected chi connectivity index (χ4v) is 2.49. The number of carbonyl (C=O) groups is 1.